The molecule has 0 heterocycles. The Morgan fingerprint density at radius 2 is 1.67 bits per heavy atom. The van der Waals surface area contributed by atoms with Gasteiger partial charge in [0.15, 0.2) is 0 Å². The molecule has 0 radical (unpaired) electrons. The van der Waals surface area contributed by atoms with Gasteiger partial charge in [-0.15, -0.1) is 23.2 Å². The third-order valence-electron chi connectivity index (χ3n) is 0.309. The fourth-order valence-electron chi connectivity index (χ4n) is 0. The molecule has 0 bridgehead atoms. The summed E-state index contributed by atoms with van der Waals surface area (Å²) in [6.45, 7) is 1.94. The fourth-order valence-corrected chi connectivity index (χ4v) is 0. The van der Waals surface area contributed by atoms with Crippen molar-refractivity contribution in [2.75, 3.05) is 0 Å². The summed E-state index contributed by atoms with van der Waals surface area (Å²) in [4.78, 5) is -0.171. The van der Waals surface area contributed by atoms with E-state index in [-0.39, 0.29) is 30.7 Å². The van der Waals surface area contributed by atoms with Crippen molar-refractivity contribution < 1.29 is 0 Å². The van der Waals surface area contributed by atoms with Crippen molar-refractivity contribution in [2.45, 2.75) is 18.2 Å². The van der Waals surface area contributed by atoms with E-state index in [1.165, 1.54) is 0 Å². The van der Waals surface area contributed by atoms with Crippen molar-refractivity contribution in [1.29, 1.82) is 0 Å². The van der Waals surface area contributed by atoms with Crippen molar-refractivity contribution >= 4 is 49.0 Å². The van der Waals surface area contributed by atoms with Gasteiger partial charge in [-0.05, 0) is 6.42 Å². The van der Waals surface area contributed by atoms with Gasteiger partial charge >= 0.3 is 25.8 Å². The van der Waals surface area contributed by atoms with Crippen LogP contribution in [0.3, 0.4) is 0 Å². The van der Waals surface area contributed by atoms with E-state index in [0.717, 1.165) is 6.42 Å². The molecule has 0 aromatic carbocycles. The molecule has 0 fully saturated rings. The number of halogens is 2. The summed E-state index contributed by atoms with van der Waals surface area (Å²) in [6.07, 6.45) is 0.836. The molecule has 0 saturated heterocycles. The van der Waals surface area contributed by atoms with E-state index in [9.17, 15) is 0 Å². The Kier molecular flexibility index (Phi) is 11.2. The van der Waals surface area contributed by atoms with E-state index in [4.69, 9.17) is 23.2 Å². The minimum atomic E-state index is -0.171. The van der Waals surface area contributed by atoms with Crippen LogP contribution in [0.1, 0.15) is 13.3 Å². The third kappa shape index (κ3) is 9.07. The summed E-state index contributed by atoms with van der Waals surface area (Å²) in [7, 11) is 0. The van der Waals surface area contributed by atoms with Crippen molar-refractivity contribution in [3.8, 4) is 0 Å². The van der Waals surface area contributed by atoms with Gasteiger partial charge in [-0.2, -0.15) is 0 Å². The first-order valence-electron chi connectivity index (χ1n) is 1.55. The van der Waals surface area contributed by atoms with Crippen LogP contribution in [0.5, 0.6) is 0 Å². The van der Waals surface area contributed by atoms with Crippen LogP contribution in [0.4, 0.5) is 0 Å². The second kappa shape index (κ2) is 6.45. The molecule has 0 rings (SSSR count). The molecule has 0 spiro atoms. The monoisotopic (exact) mass is 230 g/mol. The molecule has 0 aliphatic carbocycles. The molecule has 0 nitrogen and oxygen atoms in total. The average molecular weight is 231 g/mol. The normalized spacial score (nSPS) is 8.00. The van der Waals surface area contributed by atoms with E-state index in [1.807, 2.05) is 6.92 Å². The maximum atomic E-state index is 5.23. The zero-order chi connectivity index (χ0) is 4.28. The van der Waals surface area contributed by atoms with Crippen molar-refractivity contribution in [1.82, 2.24) is 0 Å². The first-order valence-corrected chi connectivity index (χ1v) is 2.42. The summed E-state index contributed by atoms with van der Waals surface area (Å²) in [5.74, 6) is 0. The van der Waals surface area contributed by atoms with Crippen LogP contribution in [-0.2, 0) is 0 Å². The molecule has 0 amide bonds. The predicted molar refractivity (Wildman–Crippen MR) is 35.7 cm³/mol. The molecular formula is C3H9Cl2In. The molecule has 0 N–H and O–H groups in total. The summed E-state index contributed by atoms with van der Waals surface area (Å²) in [5, 5.41) is 0. The zero-order valence-electron chi connectivity index (χ0n) is 3.04. The molecule has 0 aromatic heterocycles. The van der Waals surface area contributed by atoms with Gasteiger partial charge in [-0.25, -0.2) is 0 Å². The number of hydrogen-bond donors (Lipinski definition) is 0. The van der Waals surface area contributed by atoms with Crippen LogP contribution in [0.2, 0.25) is 0 Å². The standard InChI is InChI=1S/C3H6Cl2.In.3H/c1-2-3(4)5;;;;/h3H,2H2,1H3;;;;. The Balaban J connectivity index is 0. The summed E-state index contributed by atoms with van der Waals surface area (Å²) in [6, 6.07) is 0. The number of hydrogen-bond acceptors (Lipinski definition) is 0. The number of rotatable bonds is 1. The average Bonchev–Trinajstić information content (AvgIpc) is 1.38. The van der Waals surface area contributed by atoms with Gasteiger partial charge in [0, 0.05) is 0 Å². The van der Waals surface area contributed by atoms with Crippen molar-refractivity contribution in [2.24, 2.45) is 0 Å². The van der Waals surface area contributed by atoms with E-state index >= 15 is 0 Å². The molecule has 6 heavy (non-hydrogen) atoms. The van der Waals surface area contributed by atoms with Crippen LogP contribution in [0, 0.1) is 0 Å². The summed E-state index contributed by atoms with van der Waals surface area (Å²) < 4.78 is 0. The zero-order valence-corrected chi connectivity index (χ0v) is 4.55. The van der Waals surface area contributed by atoms with E-state index in [1.54, 1.807) is 0 Å². The Bertz CT molecular complexity index is 22.8. The quantitative estimate of drug-likeness (QED) is 0.591. The van der Waals surface area contributed by atoms with Crippen LogP contribution in [0.15, 0.2) is 0 Å². The van der Waals surface area contributed by atoms with Crippen molar-refractivity contribution in [3.05, 3.63) is 0 Å². The van der Waals surface area contributed by atoms with Gasteiger partial charge < -0.3 is 0 Å². The molecule has 3 heteroatoms. The second-order valence-corrected chi connectivity index (χ2v) is 2.08. The van der Waals surface area contributed by atoms with Crippen LogP contribution in [0.25, 0.3) is 0 Å². The molecule has 38 valence electrons. The molecule has 0 aliphatic rings. The third-order valence-corrected chi connectivity index (χ3v) is 0.926. The Morgan fingerprint density at radius 3 is 1.67 bits per heavy atom. The molecular weight excluding hydrogens is 222 g/mol. The molecule has 0 unspecified atom stereocenters. The first kappa shape index (κ1) is 10.4. The molecule has 0 saturated carbocycles. The van der Waals surface area contributed by atoms with Gasteiger partial charge in [0.25, 0.3) is 0 Å². The molecule has 0 atom stereocenters. The maximum absolute atomic E-state index is 5.23. The SMILES string of the molecule is CCC(Cl)Cl.[InH3]. The van der Waals surface area contributed by atoms with Crippen LogP contribution < -0.4 is 0 Å². The fraction of sp³-hybridized carbons (Fsp3) is 1.00. The van der Waals surface area contributed by atoms with Crippen LogP contribution >= 0.6 is 23.2 Å². The van der Waals surface area contributed by atoms with Crippen molar-refractivity contribution in [3.63, 3.8) is 0 Å². The number of alkyl halides is 2. The topological polar surface area (TPSA) is 0 Å². The Labute approximate surface area is 67.0 Å². The van der Waals surface area contributed by atoms with Gasteiger partial charge in [-0.1, -0.05) is 6.92 Å². The first-order chi connectivity index (χ1) is 2.27. The minimum absolute atomic E-state index is 0. The Hall–Kier alpha value is 1.45. The summed E-state index contributed by atoms with van der Waals surface area (Å²) >= 11 is 10.5. The Morgan fingerprint density at radius 1 is 1.50 bits per heavy atom. The van der Waals surface area contributed by atoms with Gasteiger partial charge in [0.05, 0.1) is 0 Å². The second-order valence-electron chi connectivity index (χ2n) is 0.799. The summed E-state index contributed by atoms with van der Waals surface area (Å²) in [5.41, 5.74) is 0. The van der Waals surface area contributed by atoms with E-state index in [2.05, 4.69) is 0 Å². The van der Waals surface area contributed by atoms with Gasteiger partial charge in [-0.3, -0.25) is 0 Å². The molecule has 0 aromatic rings. The molecule has 0 aliphatic heterocycles. The van der Waals surface area contributed by atoms with Gasteiger partial charge in [0.1, 0.15) is 4.84 Å². The van der Waals surface area contributed by atoms with Crippen LogP contribution in [-0.4, -0.2) is 30.7 Å². The van der Waals surface area contributed by atoms with E-state index in [0.29, 0.717) is 0 Å². The predicted octanol–water partition coefficient (Wildman–Crippen LogP) is 1.02. The van der Waals surface area contributed by atoms with E-state index < -0.39 is 0 Å². The van der Waals surface area contributed by atoms with Gasteiger partial charge in [0.2, 0.25) is 0 Å².